The first-order valence-electron chi connectivity index (χ1n) is 7.64. The average molecular weight is 382 g/mol. The molecule has 142 valence electrons. The lowest BCUT2D eigenvalue weighted by molar-refractivity contribution is -0.325. The van der Waals surface area contributed by atoms with Crippen molar-refractivity contribution < 1.29 is 22.7 Å². The smallest absolute Gasteiger partial charge is 0.321 e. The lowest BCUT2D eigenvalue weighted by Gasteiger charge is -2.07. The molecule has 0 fully saturated rings. The Morgan fingerprint density at radius 2 is 1.96 bits per heavy atom. The summed E-state index contributed by atoms with van der Waals surface area (Å²) in [5.41, 5.74) is 0.489. The summed E-state index contributed by atoms with van der Waals surface area (Å²) in [4.78, 5) is 28.4. The van der Waals surface area contributed by atoms with Crippen LogP contribution in [0.25, 0.3) is 5.65 Å². The van der Waals surface area contributed by atoms with Crippen LogP contribution in [0.3, 0.4) is 0 Å². The predicted molar refractivity (Wildman–Crippen MR) is 86.2 cm³/mol. The SMILES string of the molecule is Cc1ccc(NC(=O)c2ncn3c(=O)n(CCOC(F)(F)F)nnc23)cc1. The quantitative estimate of drug-likeness (QED) is 0.715. The topological polar surface area (TPSA) is 103 Å². The number of carbonyl (C=O) groups is 1. The van der Waals surface area contributed by atoms with Gasteiger partial charge in [-0.1, -0.05) is 22.9 Å². The van der Waals surface area contributed by atoms with Gasteiger partial charge in [0.05, 0.1) is 13.2 Å². The summed E-state index contributed by atoms with van der Waals surface area (Å²) >= 11 is 0. The van der Waals surface area contributed by atoms with Crippen molar-refractivity contribution in [2.75, 3.05) is 11.9 Å². The van der Waals surface area contributed by atoms with Gasteiger partial charge in [-0.25, -0.2) is 14.2 Å². The van der Waals surface area contributed by atoms with Crippen molar-refractivity contribution in [1.82, 2.24) is 24.4 Å². The van der Waals surface area contributed by atoms with Crippen molar-refractivity contribution in [1.29, 1.82) is 0 Å². The molecule has 2 aromatic heterocycles. The first-order valence-corrected chi connectivity index (χ1v) is 7.64. The molecule has 0 saturated heterocycles. The molecule has 1 aromatic carbocycles. The third-order valence-corrected chi connectivity index (χ3v) is 3.51. The fourth-order valence-corrected chi connectivity index (χ4v) is 2.21. The van der Waals surface area contributed by atoms with Gasteiger partial charge in [0.1, 0.15) is 6.33 Å². The van der Waals surface area contributed by atoms with E-state index in [4.69, 9.17) is 0 Å². The summed E-state index contributed by atoms with van der Waals surface area (Å²) in [5, 5.41) is 9.85. The highest BCUT2D eigenvalue weighted by atomic mass is 19.4. The molecule has 0 aliphatic heterocycles. The Morgan fingerprint density at radius 3 is 2.63 bits per heavy atom. The van der Waals surface area contributed by atoms with Crippen molar-refractivity contribution in [2.45, 2.75) is 19.8 Å². The summed E-state index contributed by atoms with van der Waals surface area (Å²) in [6.07, 6.45) is -3.76. The first-order chi connectivity index (χ1) is 12.7. The fourth-order valence-electron chi connectivity index (χ4n) is 2.21. The number of amides is 1. The lowest BCUT2D eigenvalue weighted by atomic mass is 10.2. The van der Waals surface area contributed by atoms with Crippen LogP contribution in [0.4, 0.5) is 18.9 Å². The van der Waals surface area contributed by atoms with Gasteiger partial charge in [-0.05, 0) is 19.1 Å². The summed E-state index contributed by atoms with van der Waals surface area (Å²) in [5.74, 6) is -0.604. The molecule has 0 bridgehead atoms. The molecule has 0 radical (unpaired) electrons. The number of aromatic nitrogens is 5. The molecule has 27 heavy (non-hydrogen) atoms. The standard InChI is InChI=1S/C15H13F3N6O3/c1-9-2-4-10(5-3-9)20-13(25)11-12-21-22-24(6-7-27-15(16,17)18)14(26)23(12)8-19-11/h2-5,8H,6-7H2,1H3,(H,20,25). The molecule has 0 atom stereocenters. The maximum Gasteiger partial charge on any atom is 0.522 e. The number of carbonyl (C=O) groups excluding carboxylic acids is 1. The Kier molecular flexibility index (Phi) is 4.90. The number of alkyl halides is 3. The molecule has 0 unspecified atom stereocenters. The fraction of sp³-hybridized carbons (Fsp3) is 0.267. The molecule has 0 aliphatic rings. The number of halogens is 3. The van der Waals surface area contributed by atoms with Gasteiger partial charge in [-0.2, -0.15) is 4.68 Å². The Bertz CT molecular complexity index is 1030. The Balaban J connectivity index is 1.80. The molecule has 0 aliphatic carbocycles. The van der Waals surface area contributed by atoms with E-state index in [-0.39, 0.29) is 11.3 Å². The van der Waals surface area contributed by atoms with Crippen LogP contribution in [0, 0.1) is 6.92 Å². The summed E-state index contributed by atoms with van der Waals surface area (Å²) in [6, 6.07) is 7.01. The maximum atomic E-state index is 12.3. The predicted octanol–water partition coefficient (Wildman–Crippen LogP) is 1.38. The summed E-state index contributed by atoms with van der Waals surface area (Å²) in [7, 11) is 0. The zero-order chi connectivity index (χ0) is 19.6. The number of rotatable bonds is 5. The largest absolute Gasteiger partial charge is 0.522 e. The molecule has 9 nitrogen and oxygen atoms in total. The minimum atomic E-state index is -4.81. The molecule has 0 spiro atoms. The van der Waals surface area contributed by atoms with Crippen molar-refractivity contribution in [3.63, 3.8) is 0 Å². The number of anilines is 1. The number of fused-ring (bicyclic) bond motifs is 1. The van der Waals surface area contributed by atoms with Crippen LogP contribution in [-0.2, 0) is 11.3 Å². The van der Waals surface area contributed by atoms with Gasteiger partial charge in [-0.15, -0.1) is 18.3 Å². The molecular weight excluding hydrogens is 369 g/mol. The van der Waals surface area contributed by atoms with E-state index in [9.17, 15) is 22.8 Å². The van der Waals surface area contributed by atoms with E-state index in [2.05, 4.69) is 25.3 Å². The van der Waals surface area contributed by atoms with Gasteiger partial charge in [0.15, 0.2) is 11.3 Å². The van der Waals surface area contributed by atoms with Crippen LogP contribution in [0.1, 0.15) is 16.1 Å². The number of ether oxygens (including phenoxy) is 1. The number of aryl methyl sites for hydroxylation is 1. The van der Waals surface area contributed by atoms with E-state index < -0.39 is 31.1 Å². The monoisotopic (exact) mass is 382 g/mol. The number of benzene rings is 1. The van der Waals surface area contributed by atoms with Gasteiger partial charge in [0, 0.05) is 5.69 Å². The molecular formula is C15H13F3N6O3. The minimum absolute atomic E-state index is 0.113. The van der Waals surface area contributed by atoms with Gasteiger partial charge < -0.3 is 5.32 Å². The van der Waals surface area contributed by atoms with Gasteiger partial charge in [0.25, 0.3) is 5.91 Å². The van der Waals surface area contributed by atoms with Crippen molar-refractivity contribution in [3.05, 3.63) is 52.3 Å². The molecule has 12 heteroatoms. The highest BCUT2D eigenvalue weighted by Crippen LogP contribution is 2.15. The Hall–Kier alpha value is -3.28. The molecule has 1 amide bonds. The number of nitrogens with zero attached hydrogens (tertiary/aromatic N) is 5. The molecule has 2 heterocycles. The highest BCUT2D eigenvalue weighted by Gasteiger charge is 2.29. The number of nitrogens with one attached hydrogen (secondary N) is 1. The molecule has 0 saturated carbocycles. The number of imidazole rings is 1. The lowest BCUT2D eigenvalue weighted by Crippen LogP contribution is -2.32. The second kappa shape index (κ2) is 7.15. The zero-order valence-corrected chi connectivity index (χ0v) is 13.9. The van der Waals surface area contributed by atoms with Crippen molar-refractivity contribution in [3.8, 4) is 0 Å². The zero-order valence-electron chi connectivity index (χ0n) is 13.9. The Morgan fingerprint density at radius 1 is 1.26 bits per heavy atom. The van der Waals surface area contributed by atoms with Crippen LogP contribution >= 0.6 is 0 Å². The summed E-state index contributed by atoms with van der Waals surface area (Å²) < 4.78 is 41.2. The third-order valence-electron chi connectivity index (χ3n) is 3.51. The molecule has 1 N–H and O–H groups in total. The van der Waals surface area contributed by atoms with Crippen molar-refractivity contribution in [2.24, 2.45) is 0 Å². The molecule has 3 rings (SSSR count). The number of hydrogen-bond donors (Lipinski definition) is 1. The number of hydrogen-bond acceptors (Lipinski definition) is 6. The van der Waals surface area contributed by atoms with Gasteiger partial charge in [-0.3, -0.25) is 9.53 Å². The van der Waals surface area contributed by atoms with Crippen LogP contribution in [0.5, 0.6) is 0 Å². The highest BCUT2D eigenvalue weighted by molar-refractivity contribution is 6.06. The van der Waals surface area contributed by atoms with E-state index in [0.29, 0.717) is 10.4 Å². The van der Waals surface area contributed by atoms with Crippen LogP contribution in [-0.4, -0.2) is 43.3 Å². The van der Waals surface area contributed by atoms with E-state index >= 15 is 0 Å². The average Bonchev–Trinajstić information content (AvgIpc) is 3.03. The summed E-state index contributed by atoms with van der Waals surface area (Å²) in [6.45, 7) is 0.623. The maximum absolute atomic E-state index is 12.3. The normalized spacial score (nSPS) is 11.7. The van der Waals surface area contributed by atoms with E-state index in [0.717, 1.165) is 16.3 Å². The van der Waals surface area contributed by atoms with Gasteiger partial charge in [0.2, 0.25) is 0 Å². The second-order valence-electron chi connectivity index (χ2n) is 5.50. The Labute approximate surface area is 149 Å². The van der Waals surface area contributed by atoms with Crippen molar-refractivity contribution >= 4 is 17.2 Å². The van der Waals surface area contributed by atoms with E-state index in [1.165, 1.54) is 0 Å². The third kappa shape index (κ3) is 4.28. The van der Waals surface area contributed by atoms with E-state index in [1.807, 2.05) is 19.1 Å². The molecule has 3 aromatic rings. The minimum Gasteiger partial charge on any atom is -0.321 e. The second-order valence-corrected chi connectivity index (χ2v) is 5.50. The first kappa shape index (κ1) is 18.5. The van der Waals surface area contributed by atoms with E-state index in [1.54, 1.807) is 12.1 Å². The van der Waals surface area contributed by atoms with Crippen LogP contribution in [0.2, 0.25) is 0 Å². The van der Waals surface area contributed by atoms with Gasteiger partial charge >= 0.3 is 12.1 Å². The van der Waals surface area contributed by atoms with Crippen LogP contribution < -0.4 is 11.0 Å². The van der Waals surface area contributed by atoms with Crippen LogP contribution in [0.15, 0.2) is 35.4 Å².